The number of imidazole rings is 1. The van der Waals surface area contributed by atoms with Gasteiger partial charge in [0.1, 0.15) is 0 Å². The summed E-state index contributed by atoms with van der Waals surface area (Å²) in [6.45, 7) is 0.101. The van der Waals surface area contributed by atoms with Gasteiger partial charge in [-0.3, -0.25) is 4.79 Å². The summed E-state index contributed by atoms with van der Waals surface area (Å²) in [4.78, 5) is 17.9. The van der Waals surface area contributed by atoms with Gasteiger partial charge in [0.2, 0.25) is 0 Å². The number of nitrogens with zero attached hydrogens (tertiary/aromatic N) is 3. The molecular weight excluding hydrogens is 483 g/mol. The van der Waals surface area contributed by atoms with Crippen molar-refractivity contribution in [3.63, 3.8) is 0 Å². The first-order valence-electron chi connectivity index (χ1n) is 10.3. The summed E-state index contributed by atoms with van der Waals surface area (Å²) in [6.07, 6.45) is 3.28. The highest BCUT2D eigenvalue weighted by Gasteiger charge is 2.48. The number of anilines is 1. The Kier molecular flexibility index (Phi) is 6.08. The molecule has 12 heteroatoms. The molecule has 4 rings (SSSR count). The zero-order chi connectivity index (χ0) is 24.7. The summed E-state index contributed by atoms with van der Waals surface area (Å²) in [5.41, 5.74) is 1.27. The number of carbonyl (C=O) groups is 1. The van der Waals surface area contributed by atoms with Crippen LogP contribution in [-0.4, -0.2) is 50.9 Å². The number of nitrogens with one attached hydrogen (secondary N) is 1. The number of sulfonamides is 1. The second-order valence-corrected chi connectivity index (χ2v) is 11.8. The number of alkyl halides is 1. The maximum atomic E-state index is 15.7. The topological polar surface area (TPSA) is 118 Å². The largest absolute Gasteiger partial charge is 0.339 e. The fraction of sp³-hybridized carbons (Fsp3) is 0.273. The van der Waals surface area contributed by atoms with Crippen molar-refractivity contribution in [3.8, 4) is 11.1 Å². The van der Waals surface area contributed by atoms with Gasteiger partial charge in [-0.15, -0.1) is 0 Å². The van der Waals surface area contributed by atoms with Crippen LogP contribution in [0.25, 0.3) is 11.1 Å². The Bertz CT molecular complexity index is 1460. The molecule has 2 aromatic carbocycles. The number of hydrogen-bond donors (Lipinski definition) is 1. The number of benzene rings is 2. The van der Waals surface area contributed by atoms with Crippen molar-refractivity contribution in [1.29, 1.82) is 0 Å². The van der Waals surface area contributed by atoms with E-state index in [1.807, 2.05) is 4.72 Å². The van der Waals surface area contributed by atoms with Gasteiger partial charge in [0, 0.05) is 43.7 Å². The molecule has 0 saturated carbocycles. The van der Waals surface area contributed by atoms with Crippen LogP contribution in [0.4, 0.5) is 10.1 Å². The Balaban J connectivity index is 1.70. The second kappa shape index (κ2) is 8.60. The first-order valence-corrected chi connectivity index (χ1v) is 13.7. The molecule has 180 valence electrons. The van der Waals surface area contributed by atoms with Crippen LogP contribution < -0.4 is 9.62 Å². The molecule has 3 aromatic rings. The average molecular weight is 507 g/mol. The van der Waals surface area contributed by atoms with Crippen molar-refractivity contribution in [2.75, 3.05) is 17.7 Å². The Hall–Kier alpha value is -3.09. The molecular formula is C22H23FN4O5S2. The lowest BCUT2D eigenvalue weighted by atomic mass is 10.0. The van der Waals surface area contributed by atoms with E-state index < -0.39 is 36.6 Å². The molecule has 1 aliphatic rings. The van der Waals surface area contributed by atoms with Crippen molar-refractivity contribution in [3.05, 3.63) is 61.1 Å². The van der Waals surface area contributed by atoms with Gasteiger partial charge in [-0.05, 0) is 24.1 Å². The number of aryl methyl sites for hydroxylation is 1. The molecule has 1 amide bonds. The van der Waals surface area contributed by atoms with Crippen LogP contribution in [-0.2, 0) is 31.7 Å². The molecule has 0 bridgehead atoms. The third-order valence-electron chi connectivity index (χ3n) is 5.50. The number of aromatic nitrogens is 2. The quantitative estimate of drug-likeness (QED) is 0.513. The minimum absolute atomic E-state index is 0.0203. The van der Waals surface area contributed by atoms with Gasteiger partial charge in [0.25, 0.3) is 21.7 Å². The molecule has 0 spiro atoms. The van der Waals surface area contributed by atoms with Crippen LogP contribution in [0.3, 0.4) is 0 Å². The van der Waals surface area contributed by atoms with Crippen LogP contribution in [0.1, 0.15) is 12.8 Å². The molecule has 34 heavy (non-hydrogen) atoms. The summed E-state index contributed by atoms with van der Waals surface area (Å²) in [5.74, 6) is -4.03. The number of halogens is 1. The SMILES string of the molecule is Cn1cnc(S(=O)(=O)NC2(F)CCCN(c3ccc(-c4ccccc4)c(S(C)(=O)=O)c3)C2=O)c1. The van der Waals surface area contributed by atoms with Crippen molar-refractivity contribution >= 4 is 31.5 Å². The highest BCUT2D eigenvalue weighted by molar-refractivity contribution is 7.91. The predicted octanol–water partition coefficient (Wildman–Crippen LogP) is 2.26. The Morgan fingerprint density at radius 3 is 2.41 bits per heavy atom. The van der Waals surface area contributed by atoms with Crippen LogP contribution in [0.15, 0.2) is 71.0 Å². The molecule has 1 saturated heterocycles. The van der Waals surface area contributed by atoms with E-state index in [0.717, 1.165) is 11.2 Å². The van der Waals surface area contributed by atoms with E-state index in [-0.39, 0.29) is 30.0 Å². The molecule has 1 aliphatic heterocycles. The molecule has 1 atom stereocenters. The lowest BCUT2D eigenvalue weighted by molar-refractivity contribution is -0.133. The van der Waals surface area contributed by atoms with Crippen molar-refractivity contribution < 1.29 is 26.0 Å². The lowest BCUT2D eigenvalue weighted by Gasteiger charge is -2.36. The van der Waals surface area contributed by atoms with Gasteiger partial charge < -0.3 is 9.47 Å². The van der Waals surface area contributed by atoms with Gasteiger partial charge >= 0.3 is 0 Å². The van der Waals surface area contributed by atoms with E-state index >= 15 is 4.39 Å². The molecule has 1 aromatic heterocycles. The van der Waals surface area contributed by atoms with Gasteiger partial charge in [0.15, 0.2) is 14.9 Å². The monoisotopic (exact) mass is 506 g/mol. The Morgan fingerprint density at radius 1 is 1.09 bits per heavy atom. The second-order valence-electron chi connectivity index (χ2n) is 8.16. The summed E-state index contributed by atoms with van der Waals surface area (Å²) in [7, 11) is -6.56. The van der Waals surface area contributed by atoms with Crippen molar-refractivity contribution in [2.24, 2.45) is 7.05 Å². The highest BCUT2D eigenvalue weighted by Crippen LogP contribution is 2.35. The highest BCUT2D eigenvalue weighted by atomic mass is 32.2. The van der Waals surface area contributed by atoms with E-state index in [2.05, 4.69) is 4.98 Å². The average Bonchev–Trinajstić information content (AvgIpc) is 3.22. The lowest BCUT2D eigenvalue weighted by Crippen LogP contribution is -2.60. The van der Waals surface area contributed by atoms with E-state index in [1.165, 1.54) is 29.2 Å². The first kappa shape index (κ1) is 24.0. The maximum absolute atomic E-state index is 15.7. The Labute approximate surface area is 197 Å². The van der Waals surface area contributed by atoms with Crippen LogP contribution in [0.5, 0.6) is 0 Å². The minimum atomic E-state index is -4.41. The van der Waals surface area contributed by atoms with Gasteiger partial charge in [-0.25, -0.2) is 26.2 Å². The number of hydrogen-bond acceptors (Lipinski definition) is 6. The molecule has 2 heterocycles. The summed E-state index contributed by atoms with van der Waals surface area (Å²) >= 11 is 0. The van der Waals surface area contributed by atoms with E-state index in [4.69, 9.17) is 0 Å². The van der Waals surface area contributed by atoms with Gasteiger partial charge in [0.05, 0.1) is 11.2 Å². The number of piperidine rings is 1. The van der Waals surface area contributed by atoms with Crippen molar-refractivity contribution in [2.45, 2.75) is 28.6 Å². The summed E-state index contributed by atoms with van der Waals surface area (Å²) < 4.78 is 69.3. The normalized spacial score (nSPS) is 19.4. The third kappa shape index (κ3) is 4.61. The number of sulfone groups is 1. The van der Waals surface area contributed by atoms with Gasteiger partial charge in [-0.2, -0.15) is 4.72 Å². The van der Waals surface area contributed by atoms with Crippen LogP contribution in [0.2, 0.25) is 0 Å². The standard InChI is InChI=1S/C22H23FN4O5S2/c1-26-14-20(24-15-26)34(31,32)25-22(23)11-6-12-27(21(22)28)17-9-10-18(16-7-4-3-5-8-16)19(13-17)33(2,29)30/h3-5,7-10,13-15,25H,6,11-12H2,1-2H3. The summed E-state index contributed by atoms with van der Waals surface area (Å²) in [6, 6.07) is 13.3. The molecule has 1 fully saturated rings. The Morgan fingerprint density at radius 2 is 1.79 bits per heavy atom. The van der Waals surface area contributed by atoms with Crippen LogP contribution >= 0.6 is 0 Å². The molecule has 1 unspecified atom stereocenters. The van der Waals surface area contributed by atoms with Gasteiger partial charge in [-0.1, -0.05) is 36.4 Å². The predicted molar refractivity (Wildman–Crippen MR) is 124 cm³/mol. The van der Waals surface area contributed by atoms with E-state index in [1.54, 1.807) is 43.4 Å². The summed E-state index contributed by atoms with van der Waals surface area (Å²) in [5, 5.41) is -0.413. The number of amides is 1. The number of rotatable bonds is 6. The number of carbonyl (C=O) groups excluding carboxylic acids is 1. The smallest absolute Gasteiger partial charge is 0.280 e. The molecule has 0 aliphatic carbocycles. The van der Waals surface area contributed by atoms with Crippen molar-refractivity contribution in [1.82, 2.24) is 14.3 Å². The minimum Gasteiger partial charge on any atom is -0.339 e. The maximum Gasteiger partial charge on any atom is 0.280 e. The molecule has 1 N–H and O–H groups in total. The first-order chi connectivity index (χ1) is 15.9. The third-order valence-corrected chi connectivity index (χ3v) is 7.99. The fourth-order valence-corrected chi connectivity index (χ4v) is 6.01. The molecule has 9 nitrogen and oxygen atoms in total. The zero-order valence-electron chi connectivity index (χ0n) is 18.5. The van der Waals surface area contributed by atoms with Crippen LogP contribution in [0, 0.1) is 0 Å². The zero-order valence-corrected chi connectivity index (χ0v) is 20.1. The van der Waals surface area contributed by atoms with E-state index in [9.17, 15) is 21.6 Å². The molecule has 0 radical (unpaired) electrons. The fourth-order valence-electron chi connectivity index (χ4n) is 3.88. The van der Waals surface area contributed by atoms with E-state index in [0.29, 0.717) is 11.1 Å².